The highest BCUT2D eigenvalue weighted by Gasteiger charge is 2.23. The molecule has 2 nitrogen and oxygen atoms in total. The topological polar surface area (TPSA) is 22.0 Å². The van der Waals surface area contributed by atoms with E-state index in [1.54, 1.807) is 0 Å². The Bertz CT molecular complexity index is 551. The molecule has 1 aromatic carbocycles. The number of fused-ring (bicyclic) bond motifs is 3. The fourth-order valence-electron chi connectivity index (χ4n) is 2.62. The second-order valence-corrected chi connectivity index (χ2v) is 4.18. The lowest BCUT2D eigenvalue weighted by Gasteiger charge is -2.11. The first-order valence-electron chi connectivity index (χ1n) is 5.38. The van der Waals surface area contributed by atoms with Crippen LogP contribution in [0.2, 0.25) is 0 Å². The molecule has 3 rings (SSSR count). The third-order valence-electron chi connectivity index (χ3n) is 3.31. The van der Waals surface area contributed by atoms with E-state index in [9.17, 15) is 4.79 Å². The Kier molecular flexibility index (Phi) is 1.72. The molecule has 1 aliphatic carbocycles. The molecule has 0 unspecified atom stereocenters. The van der Waals surface area contributed by atoms with E-state index in [-0.39, 0.29) is 0 Å². The van der Waals surface area contributed by atoms with E-state index in [1.165, 1.54) is 16.5 Å². The molecule has 76 valence electrons. The van der Waals surface area contributed by atoms with Crippen LogP contribution < -0.4 is 0 Å². The predicted molar refractivity (Wildman–Crippen MR) is 60.2 cm³/mol. The van der Waals surface area contributed by atoms with Gasteiger partial charge in [-0.05, 0) is 24.5 Å². The average molecular weight is 199 g/mol. The maximum absolute atomic E-state index is 11.9. The van der Waals surface area contributed by atoms with Gasteiger partial charge in [0.25, 0.3) is 0 Å². The smallest absolute Gasteiger partial charge is 0.179 e. The first-order valence-corrected chi connectivity index (χ1v) is 5.38. The van der Waals surface area contributed by atoms with Gasteiger partial charge in [-0.15, -0.1) is 0 Å². The third-order valence-corrected chi connectivity index (χ3v) is 3.31. The second-order valence-electron chi connectivity index (χ2n) is 4.18. The minimum Gasteiger partial charge on any atom is -0.341 e. The van der Waals surface area contributed by atoms with Crippen molar-refractivity contribution in [3.05, 3.63) is 35.5 Å². The van der Waals surface area contributed by atoms with Crippen molar-refractivity contribution >= 4 is 16.7 Å². The van der Waals surface area contributed by atoms with E-state index >= 15 is 0 Å². The van der Waals surface area contributed by atoms with Crippen LogP contribution in [-0.2, 0) is 13.5 Å². The molecule has 0 N–H and O–H groups in total. The molecule has 0 fully saturated rings. The molecule has 1 aromatic heterocycles. The molecule has 1 aliphatic rings. The summed E-state index contributed by atoms with van der Waals surface area (Å²) < 4.78 is 2.05. The number of carbonyl (C=O) groups excluding carboxylic acids is 1. The van der Waals surface area contributed by atoms with Crippen molar-refractivity contribution in [3.63, 3.8) is 0 Å². The summed E-state index contributed by atoms with van der Waals surface area (Å²) in [5.41, 5.74) is 3.37. The van der Waals surface area contributed by atoms with Gasteiger partial charge in [0.05, 0.1) is 5.69 Å². The summed E-state index contributed by atoms with van der Waals surface area (Å²) in [6, 6.07) is 8.27. The minimum atomic E-state index is 0.301. The van der Waals surface area contributed by atoms with Crippen molar-refractivity contribution in [1.82, 2.24) is 4.57 Å². The Hall–Kier alpha value is -1.57. The fraction of sp³-hybridized carbons (Fsp3) is 0.308. The Labute approximate surface area is 88.5 Å². The number of benzene rings is 1. The van der Waals surface area contributed by atoms with Crippen molar-refractivity contribution in [1.29, 1.82) is 0 Å². The van der Waals surface area contributed by atoms with E-state index < -0.39 is 0 Å². The summed E-state index contributed by atoms with van der Waals surface area (Å²) in [5, 5.41) is 1.25. The molecule has 15 heavy (non-hydrogen) atoms. The highest BCUT2D eigenvalue weighted by atomic mass is 16.1. The van der Waals surface area contributed by atoms with Crippen LogP contribution in [0.3, 0.4) is 0 Å². The van der Waals surface area contributed by atoms with Gasteiger partial charge in [0.15, 0.2) is 5.78 Å². The van der Waals surface area contributed by atoms with Gasteiger partial charge in [-0.3, -0.25) is 4.79 Å². The lowest BCUT2D eigenvalue weighted by atomic mass is 9.95. The Morgan fingerprint density at radius 2 is 2.00 bits per heavy atom. The summed E-state index contributed by atoms with van der Waals surface area (Å²) >= 11 is 0. The summed E-state index contributed by atoms with van der Waals surface area (Å²) in [5.74, 6) is 0.301. The van der Waals surface area contributed by atoms with Crippen LogP contribution in [0.5, 0.6) is 0 Å². The first-order chi connectivity index (χ1) is 7.29. The number of carbonyl (C=O) groups is 1. The molecule has 0 aliphatic heterocycles. The Morgan fingerprint density at radius 3 is 2.87 bits per heavy atom. The number of nitrogens with zero attached hydrogens (tertiary/aromatic N) is 1. The number of para-hydroxylation sites is 1. The van der Waals surface area contributed by atoms with Crippen LogP contribution in [0.4, 0.5) is 0 Å². The van der Waals surface area contributed by atoms with Crippen molar-refractivity contribution in [3.8, 4) is 0 Å². The first kappa shape index (κ1) is 8.72. The molecule has 2 heteroatoms. The van der Waals surface area contributed by atoms with Crippen molar-refractivity contribution in [2.24, 2.45) is 7.05 Å². The summed E-state index contributed by atoms with van der Waals surface area (Å²) in [6.45, 7) is 0. The van der Waals surface area contributed by atoms with E-state index in [0.717, 1.165) is 18.5 Å². The lowest BCUT2D eigenvalue weighted by molar-refractivity contribution is 0.0965. The predicted octanol–water partition coefficient (Wildman–Crippen LogP) is 2.70. The minimum absolute atomic E-state index is 0.301. The fourth-order valence-corrected chi connectivity index (χ4v) is 2.62. The van der Waals surface area contributed by atoms with Crippen LogP contribution >= 0.6 is 0 Å². The van der Waals surface area contributed by atoms with Gasteiger partial charge in [-0.2, -0.15) is 0 Å². The normalized spacial score (nSPS) is 15.7. The number of ketones is 1. The van der Waals surface area contributed by atoms with Crippen LogP contribution in [0.1, 0.15) is 28.9 Å². The number of rotatable bonds is 0. The largest absolute Gasteiger partial charge is 0.341 e. The number of hydrogen-bond donors (Lipinski definition) is 0. The average Bonchev–Trinajstić information content (AvgIpc) is 2.55. The van der Waals surface area contributed by atoms with Crippen molar-refractivity contribution in [2.45, 2.75) is 19.3 Å². The van der Waals surface area contributed by atoms with E-state index in [0.29, 0.717) is 12.2 Å². The van der Waals surface area contributed by atoms with Crippen LogP contribution in [-0.4, -0.2) is 10.4 Å². The summed E-state index contributed by atoms with van der Waals surface area (Å²) in [4.78, 5) is 11.9. The van der Waals surface area contributed by atoms with E-state index in [4.69, 9.17) is 0 Å². The van der Waals surface area contributed by atoms with Gasteiger partial charge < -0.3 is 4.57 Å². The molecule has 1 heterocycles. The SMILES string of the molecule is Cn1c2c(c3ccccc31)CCCC2=O. The molecule has 0 saturated carbocycles. The molecule has 0 amide bonds. The molecule has 0 atom stereocenters. The van der Waals surface area contributed by atoms with Crippen LogP contribution in [0.15, 0.2) is 24.3 Å². The van der Waals surface area contributed by atoms with Gasteiger partial charge in [-0.1, -0.05) is 18.2 Å². The summed E-state index contributed by atoms with van der Waals surface area (Å²) in [6.07, 6.45) is 2.75. The molecule has 0 radical (unpaired) electrons. The Balaban J connectivity index is 2.45. The molecule has 0 spiro atoms. The molecular formula is C13H13NO. The van der Waals surface area contributed by atoms with Gasteiger partial charge in [0.1, 0.15) is 0 Å². The second kappa shape index (κ2) is 2.96. The lowest BCUT2D eigenvalue weighted by Crippen LogP contribution is -2.13. The number of aromatic nitrogens is 1. The zero-order valence-electron chi connectivity index (χ0n) is 8.79. The van der Waals surface area contributed by atoms with Gasteiger partial charge in [-0.25, -0.2) is 0 Å². The number of aryl methyl sites for hydroxylation is 2. The highest BCUT2D eigenvalue weighted by molar-refractivity contribution is 6.03. The monoisotopic (exact) mass is 199 g/mol. The van der Waals surface area contributed by atoms with Gasteiger partial charge in [0.2, 0.25) is 0 Å². The van der Waals surface area contributed by atoms with E-state index in [2.05, 4.69) is 12.1 Å². The maximum Gasteiger partial charge on any atom is 0.179 e. The molecule has 2 aromatic rings. The van der Waals surface area contributed by atoms with Gasteiger partial charge in [0, 0.05) is 24.4 Å². The zero-order valence-corrected chi connectivity index (χ0v) is 8.79. The van der Waals surface area contributed by atoms with Crippen LogP contribution in [0, 0.1) is 0 Å². The third kappa shape index (κ3) is 1.08. The van der Waals surface area contributed by atoms with Crippen molar-refractivity contribution in [2.75, 3.05) is 0 Å². The molecule has 0 bridgehead atoms. The maximum atomic E-state index is 11.9. The number of Topliss-reactive ketones (excluding diaryl/α,β-unsaturated/α-hetero) is 1. The standard InChI is InChI=1S/C13H13NO/c1-14-11-7-3-2-5-9(11)10-6-4-8-12(15)13(10)14/h2-3,5,7H,4,6,8H2,1H3. The zero-order chi connectivity index (χ0) is 10.4. The molecule has 0 saturated heterocycles. The summed E-state index contributed by atoms with van der Waals surface area (Å²) in [7, 11) is 1.99. The quantitative estimate of drug-likeness (QED) is 0.639. The highest BCUT2D eigenvalue weighted by Crippen LogP contribution is 2.30. The Morgan fingerprint density at radius 1 is 1.20 bits per heavy atom. The molecular weight excluding hydrogens is 186 g/mol. The van der Waals surface area contributed by atoms with E-state index in [1.807, 2.05) is 23.7 Å². The number of hydrogen-bond acceptors (Lipinski definition) is 1. The van der Waals surface area contributed by atoms with Crippen LogP contribution in [0.25, 0.3) is 10.9 Å². The van der Waals surface area contributed by atoms with Gasteiger partial charge >= 0.3 is 0 Å². The van der Waals surface area contributed by atoms with Crippen molar-refractivity contribution < 1.29 is 4.79 Å².